The molecule has 78 valence electrons. The Morgan fingerprint density at radius 1 is 1.54 bits per heavy atom. The van der Waals surface area contributed by atoms with E-state index in [9.17, 15) is 9.50 Å². The molecule has 1 saturated heterocycles. The van der Waals surface area contributed by atoms with Crippen LogP contribution in [0.1, 0.15) is 13.8 Å². The van der Waals surface area contributed by atoms with E-state index in [1.54, 1.807) is 13.8 Å². The highest BCUT2D eigenvalue weighted by molar-refractivity contribution is 4.86. The highest BCUT2D eigenvalue weighted by Crippen LogP contribution is 2.25. The van der Waals surface area contributed by atoms with Gasteiger partial charge in [-0.1, -0.05) is 0 Å². The molecule has 2 N–H and O–H groups in total. The second kappa shape index (κ2) is 4.32. The van der Waals surface area contributed by atoms with Crippen LogP contribution in [0.3, 0.4) is 0 Å². The number of aliphatic hydroxyl groups is 2. The number of hydrogen-bond acceptors (Lipinski definition) is 4. The minimum atomic E-state index is -1.58. The fourth-order valence-electron chi connectivity index (χ4n) is 1.22. The van der Waals surface area contributed by atoms with Crippen molar-refractivity contribution in [3.63, 3.8) is 0 Å². The van der Waals surface area contributed by atoms with Crippen molar-refractivity contribution < 1.29 is 24.1 Å². The van der Waals surface area contributed by atoms with E-state index in [-0.39, 0.29) is 6.10 Å². The van der Waals surface area contributed by atoms with Gasteiger partial charge in [0.2, 0.25) is 0 Å². The molecular weight excluding hydrogens is 179 g/mol. The number of alkyl halides is 1. The molecule has 0 bridgehead atoms. The molecule has 0 aromatic carbocycles. The Hall–Kier alpha value is -0.230. The SMILES string of the molecule is CC(C)OC1OC(CO)C(O)C1F. The molecule has 13 heavy (non-hydrogen) atoms. The first-order chi connectivity index (χ1) is 6.06. The molecule has 1 fully saturated rings. The Morgan fingerprint density at radius 3 is 2.54 bits per heavy atom. The molecule has 0 aromatic rings. The Kier molecular flexibility index (Phi) is 3.61. The van der Waals surface area contributed by atoms with Crippen molar-refractivity contribution in [2.45, 2.75) is 44.6 Å². The Bertz CT molecular complexity index is 164. The number of ether oxygens (including phenoxy) is 2. The molecule has 4 nitrogen and oxygen atoms in total. The van der Waals surface area contributed by atoms with Gasteiger partial charge in [-0.2, -0.15) is 0 Å². The first kappa shape index (κ1) is 10.8. The quantitative estimate of drug-likeness (QED) is 0.654. The highest BCUT2D eigenvalue weighted by atomic mass is 19.1. The highest BCUT2D eigenvalue weighted by Gasteiger charge is 2.44. The van der Waals surface area contributed by atoms with E-state index in [2.05, 4.69) is 0 Å². The first-order valence-electron chi connectivity index (χ1n) is 4.30. The molecule has 1 aliphatic rings. The standard InChI is InChI=1S/C8H15FO4/c1-4(2)12-8-6(9)7(11)5(3-10)13-8/h4-8,10-11H,3H2,1-2H3. The molecule has 0 aliphatic carbocycles. The first-order valence-corrected chi connectivity index (χ1v) is 4.30. The van der Waals surface area contributed by atoms with Crippen LogP contribution in [0.15, 0.2) is 0 Å². The van der Waals surface area contributed by atoms with Crippen LogP contribution in [0.4, 0.5) is 4.39 Å². The van der Waals surface area contributed by atoms with Crippen molar-refractivity contribution in [3.8, 4) is 0 Å². The Labute approximate surface area is 76.3 Å². The molecule has 0 radical (unpaired) electrons. The fraction of sp³-hybridized carbons (Fsp3) is 1.00. The summed E-state index contributed by atoms with van der Waals surface area (Å²) in [5, 5.41) is 17.9. The zero-order chi connectivity index (χ0) is 10.0. The molecule has 4 atom stereocenters. The molecule has 1 heterocycles. The predicted octanol–water partition coefficient (Wildman–Crippen LogP) is -0.172. The summed E-state index contributed by atoms with van der Waals surface area (Å²) in [6.45, 7) is 3.09. The van der Waals surface area contributed by atoms with Crippen molar-refractivity contribution in [3.05, 3.63) is 0 Å². The van der Waals surface area contributed by atoms with Crippen molar-refractivity contribution >= 4 is 0 Å². The number of hydrogen-bond donors (Lipinski definition) is 2. The Balaban J connectivity index is 2.50. The van der Waals surface area contributed by atoms with Crippen molar-refractivity contribution in [2.75, 3.05) is 6.61 Å². The van der Waals surface area contributed by atoms with Crippen LogP contribution in [0.5, 0.6) is 0 Å². The number of aliphatic hydroxyl groups excluding tert-OH is 2. The summed E-state index contributed by atoms with van der Waals surface area (Å²) in [6.07, 6.45) is -4.99. The lowest BCUT2D eigenvalue weighted by atomic mass is 10.2. The maximum absolute atomic E-state index is 13.2. The third-order valence-electron chi connectivity index (χ3n) is 1.86. The summed E-state index contributed by atoms with van der Waals surface area (Å²) in [5.41, 5.74) is 0. The van der Waals surface area contributed by atoms with E-state index in [1.165, 1.54) is 0 Å². The lowest BCUT2D eigenvalue weighted by Gasteiger charge is -2.16. The van der Waals surface area contributed by atoms with Gasteiger partial charge in [0.15, 0.2) is 12.5 Å². The Morgan fingerprint density at radius 2 is 2.15 bits per heavy atom. The van der Waals surface area contributed by atoms with E-state index < -0.39 is 31.3 Å². The summed E-state index contributed by atoms with van der Waals surface area (Å²) in [4.78, 5) is 0. The predicted molar refractivity (Wildman–Crippen MR) is 42.9 cm³/mol. The minimum absolute atomic E-state index is 0.173. The maximum atomic E-state index is 13.2. The van der Waals surface area contributed by atoms with Crippen LogP contribution in [0.25, 0.3) is 0 Å². The van der Waals surface area contributed by atoms with Gasteiger partial charge in [-0.3, -0.25) is 0 Å². The molecule has 0 spiro atoms. The molecule has 0 amide bonds. The van der Waals surface area contributed by atoms with E-state index in [1.807, 2.05) is 0 Å². The van der Waals surface area contributed by atoms with Crippen LogP contribution in [0, 0.1) is 0 Å². The average Bonchev–Trinajstić information content (AvgIpc) is 2.32. The van der Waals surface area contributed by atoms with Crippen LogP contribution in [0.2, 0.25) is 0 Å². The lowest BCUT2D eigenvalue weighted by molar-refractivity contribution is -0.176. The largest absolute Gasteiger partial charge is 0.394 e. The van der Waals surface area contributed by atoms with Gasteiger partial charge in [-0.15, -0.1) is 0 Å². The summed E-state index contributed by atoms with van der Waals surface area (Å²) < 4.78 is 23.2. The third-order valence-corrected chi connectivity index (χ3v) is 1.86. The second-order valence-electron chi connectivity index (χ2n) is 3.35. The zero-order valence-corrected chi connectivity index (χ0v) is 7.68. The fourth-order valence-corrected chi connectivity index (χ4v) is 1.22. The second-order valence-corrected chi connectivity index (χ2v) is 3.35. The van der Waals surface area contributed by atoms with Crippen LogP contribution < -0.4 is 0 Å². The van der Waals surface area contributed by atoms with Crippen molar-refractivity contribution in [2.24, 2.45) is 0 Å². The van der Waals surface area contributed by atoms with Crippen LogP contribution in [-0.2, 0) is 9.47 Å². The van der Waals surface area contributed by atoms with Gasteiger partial charge in [0, 0.05) is 0 Å². The molecule has 4 unspecified atom stereocenters. The summed E-state index contributed by atoms with van der Waals surface area (Å²) in [5.74, 6) is 0. The van der Waals surface area contributed by atoms with Gasteiger partial charge in [-0.05, 0) is 13.8 Å². The zero-order valence-electron chi connectivity index (χ0n) is 7.68. The van der Waals surface area contributed by atoms with E-state index in [0.717, 1.165) is 0 Å². The molecule has 0 aromatic heterocycles. The van der Waals surface area contributed by atoms with Gasteiger partial charge < -0.3 is 19.7 Å². The summed E-state index contributed by atoms with van der Waals surface area (Å²) >= 11 is 0. The monoisotopic (exact) mass is 194 g/mol. The normalized spacial score (nSPS) is 40.2. The summed E-state index contributed by atoms with van der Waals surface area (Å²) in [6, 6.07) is 0. The molecule has 0 saturated carbocycles. The van der Waals surface area contributed by atoms with Gasteiger partial charge >= 0.3 is 0 Å². The number of halogens is 1. The van der Waals surface area contributed by atoms with Crippen molar-refractivity contribution in [1.29, 1.82) is 0 Å². The average molecular weight is 194 g/mol. The molecule has 5 heteroatoms. The number of rotatable bonds is 3. The lowest BCUT2D eigenvalue weighted by Crippen LogP contribution is -2.32. The topological polar surface area (TPSA) is 58.9 Å². The molecule has 1 rings (SSSR count). The van der Waals surface area contributed by atoms with E-state index in [0.29, 0.717) is 0 Å². The van der Waals surface area contributed by atoms with E-state index in [4.69, 9.17) is 14.6 Å². The van der Waals surface area contributed by atoms with Crippen LogP contribution in [-0.4, -0.2) is 47.6 Å². The van der Waals surface area contributed by atoms with Crippen LogP contribution >= 0.6 is 0 Å². The smallest absolute Gasteiger partial charge is 0.192 e. The van der Waals surface area contributed by atoms with Gasteiger partial charge in [-0.25, -0.2) is 4.39 Å². The molecular formula is C8H15FO4. The maximum Gasteiger partial charge on any atom is 0.192 e. The van der Waals surface area contributed by atoms with E-state index >= 15 is 0 Å². The summed E-state index contributed by atoms with van der Waals surface area (Å²) in [7, 11) is 0. The van der Waals surface area contributed by atoms with Gasteiger partial charge in [0.05, 0.1) is 12.7 Å². The van der Waals surface area contributed by atoms with Gasteiger partial charge in [0.1, 0.15) is 12.2 Å². The molecule has 1 aliphatic heterocycles. The van der Waals surface area contributed by atoms with Gasteiger partial charge in [0.25, 0.3) is 0 Å². The van der Waals surface area contributed by atoms with Crippen molar-refractivity contribution in [1.82, 2.24) is 0 Å². The third kappa shape index (κ3) is 2.37. The minimum Gasteiger partial charge on any atom is -0.394 e.